The molecular formula is C14H24N2O2. The van der Waals surface area contributed by atoms with Crippen LogP contribution in [0.1, 0.15) is 51.2 Å². The molecule has 1 aliphatic rings. The van der Waals surface area contributed by atoms with Crippen LogP contribution in [0.4, 0.5) is 0 Å². The van der Waals surface area contributed by atoms with Crippen LogP contribution >= 0.6 is 0 Å². The fraction of sp³-hybridized carbons (Fsp3) is 0.786. The van der Waals surface area contributed by atoms with Gasteiger partial charge in [0.25, 0.3) is 0 Å². The van der Waals surface area contributed by atoms with Crippen molar-refractivity contribution in [2.24, 2.45) is 0 Å². The summed E-state index contributed by atoms with van der Waals surface area (Å²) in [6.07, 6.45) is 4.97. The predicted octanol–water partition coefficient (Wildman–Crippen LogP) is 2.50. The Morgan fingerprint density at radius 2 is 2.28 bits per heavy atom. The van der Waals surface area contributed by atoms with Gasteiger partial charge in [-0.2, -0.15) is 0 Å². The molecule has 0 aromatic carbocycles. The van der Waals surface area contributed by atoms with Crippen LogP contribution in [0.3, 0.4) is 0 Å². The molecule has 1 saturated heterocycles. The highest BCUT2D eigenvalue weighted by atomic mass is 16.5. The third kappa shape index (κ3) is 4.10. The monoisotopic (exact) mass is 252 g/mol. The Morgan fingerprint density at radius 3 is 2.94 bits per heavy atom. The van der Waals surface area contributed by atoms with Crippen LogP contribution in [-0.2, 0) is 11.2 Å². The van der Waals surface area contributed by atoms with Gasteiger partial charge in [0.05, 0.1) is 12.8 Å². The normalized spacial score (nSPS) is 21.2. The van der Waals surface area contributed by atoms with E-state index in [0.717, 1.165) is 50.7 Å². The second kappa shape index (κ2) is 5.85. The zero-order valence-electron chi connectivity index (χ0n) is 11.7. The van der Waals surface area contributed by atoms with E-state index in [1.54, 1.807) is 0 Å². The fourth-order valence-corrected chi connectivity index (χ4v) is 2.14. The molecule has 1 N–H and O–H groups in total. The summed E-state index contributed by atoms with van der Waals surface area (Å²) in [4.78, 5) is 4.35. The smallest absolute Gasteiger partial charge is 0.195 e. The van der Waals surface area contributed by atoms with Gasteiger partial charge in [0.1, 0.15) is 5.76 Å². The van der Waals surface area contributed by atoms with E-state index in [-0.39, 0.29) is 5.54 Å². The van der Waals surface area contributed by atoms with Gasteiger partial charge in [-0.3, -0.25) is 0 Å². The molecule has 1 atom stereocenters. The third-order valence-corrected chi connectivity index (χ3v) is 3.13. The van der Waals surface area contributed by atoms with Crippen LogP contribution in [-0.4, -0.2) is 30.3 Å². The van der Waals surface area contributed by atoms with E-state index in [2.05, 4.69) is 31.1 Å². The summed E-state index contributed by atoms with van der Waals surface area (Å²) in [6, 6.07) is 0. The quantitative estimate of drug-likeness (QED) is 0.894. The molecule has 0 spiro atoms. The molecule has 1 fully saturated rings. The molecule has 0 bridgehead atoms. The number of aromatic nitrogens is 1. The molecule has 0 radical (unpaired) electrons. The number of nitrogens with one attached hydrogen (secondary N) is 1. The highest BCUT2D eigenvalue weighted by molar-refractivity contribution is 5.03. The Bertz CT molecular complexity index is 362. The standard InChI is InChI=1S/C14H24N2O2/c1-14(2,3)16-7-6-13-15-9-12(18-13)11-5-4-8-17-10-11/h9,11,16H,4-8,10H2,1-3H3. The minimum absolute atomic E-state index is 0.145. The number of oxazole rings is 1. The number of hydrogen-bond acceptors (Lipinski definition) is 4. The number of hydrogen-bond donors (Lipinski definition) is 1. The molecule has 1 aliphatic heterocycles. The van der Waals surface area contributed by atoms with Gasteiger partial charge < -0.3 is 14.5 Å². The number of nitrogens with zero attached hydrogens (tertiary/aromatic N) is 1. The van der Waals surface area contributed by atoms with Crippen molar-refractivity contribution in [2.75, 3.05) is 19.8 Å². The van der Waals surface area contributed by atoms with E-state index < -0.39 is 0 Å². The fourth-order valence-electron chi connectivity index (χ4n) is 2.14. The molecule has 1 aromatic rings. The molecule has 1 unspecified atom stereocenters. The summed E-state index contributed by atoms with van der Waals surface area (Å²) in [6.45, 7) is 9.03. The Hall–Kier alpha value is -0.870. The number of ether oxygens (including phenoxy) is 1. The van der Waals surface area contributed by atoms with E-state index >= 15 is 0 Å². The van der Waals surface area contributed by atoms with Crippen LogP contribution in [0.25, 0.3) is 0 Å². The lowest BCUT2D eigenvalue weighted by Crippen LogP contribution is -2.37. The van der Waals surface area contributed by atoms with Gasteiger partial charge in [-0.1, -0.05) is 0 Å². The summed E-state index contributed by atoms with van der Waals surface area (Å²) >= 11 is 0. The molecule has 2 rings (SSSR count). The van der Waals surface area contributed by atoms with Crippen molar-refractivity contribution in [3.63, 3.8) is 0 Å². The van der Waals surface area contributed by atoms with E-state index in [0.29, 0.717) is 5.92 Å². The minimum Gasteiger partial charge on any atom is -0.445 e. The lowest BCUT2D eigenvalue weighted by atomic mass is 10.0. The molecule has 0 amide bonds. The van der Waals surface area contributed by atoms with Crippen molar-refractivity contribution < 1.29 is 9.15 Å². The van der Waals surface area contributed by atoms with Crippen molar-refractivity contribution in [2.45, 2.75) is 51.5 Å². The van der Waals surface area contributed by atoms with Gasteiger partial charge in [0.2, 0.25) is 0 Å². The zero-order chi connectivity index (χ0) is 13.0. The molecule has 4 nitrogen and oxygen atoms in total. The van der Waals surface area contributed by atoms with E-state index in [1.165, 1.54) is 0 Å². The summed E-state index contributed by atoms with van der Waals surface area (Å²) in [5.74, 6) is 2.21. The summed E-state index contributed by atoms with van der Waals surface area (Å²) in [7, 11) is 0. The highest BCUT2D eigenvalue weighted by Crippen LogP contribution is 2.25. The lowest BCUT2D eigenvalue weighted by molar-refractivity contribution is 0.0738. The van der Waals surface area contributed by atoms with Crippen LogP contribution in [0.2, 0.25) is 0 Å². The zero-order valence-corrected chi connectivity index (χ0v) is 11.7. The van der Waals surface area contributed by atoms with E-state index in [4.69, 9.17) is 9.15 Å². The van der Waals surface area contributed by atoms with Gasteiger partial charge in [0.15, 0.2) is 5.89 Å². The highest BCUT2D eigenvalue weighted by Gasteiger charge is 2.20. The van der Waals surface area contributed by atoms with Gasteiger partial charge in [-0.25, -0.2) is 4.98 Å². The molecule has 0 saturated carbocycles. The largest absolute Gasteiger partial charge is 0.445 e. The van der Waals surface area contributed by atoms with Gasteiger partial charge >= 0.3 is 0 Å². The molecule has 1 aromatic heterocycles. The average molecular weight is 252 g/mol. The van der Waals surface area contributed by atoms with Crippen molar-refractivity contribution in [3.05, 3.63) is 17.8 Å². The molecule has 2 heterocycles. The molecule has 18 heavy (non-hydrogen) atoms. The predicted molar refractivity (Wildman–Crippen MR) is 70.8 cm³/mol. The maximum absolute atomic E-state index is 5.81. The molecule has 102 valence electrons. The summed E-state index contributed by atoms with van der Waals surface area (Å²) in [5, 5.41) is 3.43. The van der Waals surface area contributed by atoms with Crippen LogP contribution in [0, 0.1) is 0 Å². The topological polar surface area (TPSA) is 47.3 Å². The Balaban J connectivity index is 1.82. The maximum atomic E-state index is 5.81. The van der Waals surface area contributed by atoms with Crippen LogP contribution < -0.4 is 5.32 Å². The summed E-state index contributed by atoms with van der Waals surface area (Å²) < 4.78 is 11.3. The Morgan fingerprint density at radius 1 is 1.44 bits per heavy atom. The second-order valence-corrected chi connectivity index (χ2v) is 6.00. The minimum atomic E-state index is 0.145. The van der Waals surface area contributed by atoms with Crippen molar-refractivity contribution in [1.82, 2.24) is 10.3 Å². The van der Waals surface area contributed by atoms with Gasteiger partial charge in [0, 0.05) is 31.0 Å². The number of rotatable bonds is 4. The molecule has 4 heteroatoms. The van der Waals surface area contributed by atoms with Crippen molar-refractivity contribution >= 4 is 0 Å². The first-order valence-corrected chi connectivity index (χ1v) is 6.82. The van der Waals surface area contributed by atoms with Crippen molar-refractivity contribution in [1.29, 1.82) is 0 Å². The Labute approximate surface area is 109 Å². The first-order chi connectivity index (χ1) is 8.54. The lowest BCUT2D eigenvalue weighted by Gasteiger charge is -2.20. The molecular weight excluding hydrogens is 228 g/mol. The summed E-state index contributed by atoms with van der Waals surface area (Å²) in [5.41, 5.74) is 0.145. The first-order valence-electron chi connectivity index (χ1n) is 6.82. The van der Waals surface area contributed by atoms with E-state index in [1.807, 2.05) is 6.20 Å². The second-order valence-electron chi connectivity index (χ2n) is 6.00. The molecule has 0 aliphatic carbocycles. The average Bonchev–Trinajstić information content (AvgIpc) is 2.77. The third-order valence-electron chi connectivity index (χ3n) is 3.13. The first kappa shape index (κ1) is 13.6. The SMILES string of the molecule is CC(C)(C)NCCc1ncc(C2CCCOC2)o1. The Kier molecular flexibility index (Phi) is 4.40. The van der Waals surface area contributed by atoms with Crippen molar-refractivity contribution in [3.8, 4) is 0 Å². The van der Waals surface area contributed by atoms with E-state index in [9.17, 15) is 0 Å². The maximum Gasteiger partial charge on any atom is 0.195 e. The van der Waals surface area contributed by atoms with Gasteiger partial charge in [-0.15, -0.1) is 0 Å². The van der Waals surface area contributed by atoms with Crippen LogP contribution in [0.15, 0.2) is 10.6 Å². The van der Waals surface area contributed by atoms with Gasteiger partial charge in [-0.05, 0) is 33.6 Å². The van der Waals surface area contributed by atoms with Crippen LogP contribution in [0.5, 0.6) is 0 Å².